The van der Waals surface area contributed by atoms with Crippen molar-refractivity contribution >= 4 is 43.5 Å². The summed E-state index contributed by atoms with van der Waals surface area (Å²) in [5.74, 6) is -0.356. The summed E-state index contributed by atoms with van der Waals surface area (Å²) in [6, 6.07) is 29.2. The van der Waals surface area contributed by atoms with Gasteiger partial charge in [-0.05, 0) is 65.9 Å². The molecule has 4 rings (SSSR count). The van der Waals surface area contributed by atoms with E-state index in [9.17, 15) is 18.0 Å². The second-order valence-corrected chi connectivity index (χ2v) is 14.3. The molecule has 0 heterocycles. The second-order valence-electron chi connectivity index (χ2n) is 11.5. The third-order valence-electron chi connectivity index (χ3n) is 7.43. The highest BCUT2D eigenvalue weighted by atomic mass is 79.9. The van der Waals surface area contributed by atoms with E-state index < -0.39 is 28.5 Å². The lowest BCUT2D eigenvalue weighted by Crippen LogP contribution is -2.53. The van der Waals surface area contributed by atoms with Crippen LogP contribution in [0.4, 0.5) is 5.69 Å². The van der Waals surface area contributed by atoms with Crippen molar-refractivity contribution in [1.82, 2.24) is 10.2 Å². The summed E-state index contributed by atoms with van der Waals surface area (Å²) < 4.78 is 36.0. The molecular weight excluding hydrogens is 666 g/mol. The van der Waals surface area contributed by atoms with Crippen LogP contribution in [-0.4, -0.2) is 51.4 Å². The fourth-order valence-electron chi connectivity index (χ4n) is 4.99. The van der Waals surface area contributed by atoms with E-state index in [4.69, 9.17) is 4.74 Å². The van der Waals surface area contributed by atoms with Crippen LogP contribution in [0.25, 0.3) is 0 Å². The van der Waals surface area contributed by atoms with Crippen molar-refractivity contribution in [2.75, 3.05) is 24.5 Å². The molecule has 0 saturated carbocycles. The largest absolute Gasteiger partial charge is 0.495 e. The monoisotopic (exact) mass is 705 g/mol. The van der Waals surface area contributed by atoms with Crippen molar-refractivity contribution in [3.63, 3.8) is 0 Å². The van der Waals surface area contributed by atoms with E-state index in [2.05, 4.69) is 21.2 Å². The van der Waals surface area contributed by atoms with E-state index in [0.717, 1.165) is 25.5 Å². The number of amides is 2. The molecule has 0 aliphatic carbocycles. The Hall–Kier alpha value is -4.15. The summed E-state index contributed by atoms with van der Waals surface area (Å²) in [5, 5.41) is 3.01. The van der Waals surface area contributed by atoms with Crippen LogP contribution in [0.3, 0.4) is 0 Å². The van der Waals surface area contributed by atoms with Gasteiger partial charge >= 0.3 is 0 Å². The summed E-state index contributed by atoms with van der Waals surface area (Å²) in [4.78, 5) is 30.0. The maximum atomic E-state index is 14.6. The normalized spacial score (nSPS) is 12.0. The quantitative estimate of drug-likeness (QED) is 0.164. The lowest BCUT2D eigenvalue weighted by molar-refractivity contribution is -0.140. The van der Waals surface area contributed by atoms with Crippen LogP contribution in [-0.2, 0) is 32.6 Å². The molecule has 0 unspecified atom stereocenters. The first kappa shape index (κ1) is 34.7. The van der Waals surface area contributed by atoms with Gasteiger partial charge in [0.25, 0.3) is 10.0 Å². The number of hydrogen-bond acceptors (Lipinski definition) is 5. The fourth-order valence-corrected chi connectivity index (χ4v) is 6.69. The molecule has 0 aliphatic heterocycles. The molecule has 10 heteroatoms. The van der Waals surface area contributed by atoms with Crippen molar-refractivity contribution < 1.29 is 22.7 Å². The number of sulfonamides is 1. The molecule has 46 heavy (non-hydrogen) atoms. The van der Waals surface area contributed by atoms with E-state index in [1.165, 1.54) is 24.1 Å². The number of ether oxygens (including phenoxy) is 1. The molecule has 0 spiro atoms. The van der Waals surface area contributed by atoms with Gasteiger partial charge in [0.15, 0.2) is 0 Å². The van der Waals surface area contributed by atoms with Gasteiger partial charge in [0.1, 0.15) is 18.3 Å². The van der Waals surface area contributed by atoms with Gasteiger partial charge in [0.05, 0.1) is 17.7 Å². The molecule has 1 atom stereocenters. The number of methoxy groups -OCH3 is 1. The maximum absolute atomic E-state index is 14.6. The minimum absolute atomic E-state index is 0.0290. The van der Waals surface area contributed by atoms with Gasteiger partial charge in [0, 0.05) is 24.0 Å². The lowest BCUT2D eigenvalue weighted by Gasteiger charge is -2.34. The van der Waals surface area contributed by atoms with Gasteiger partial charge < -0.3 is 15.0 Å². The Labute approximate surface area is 280 Å². The molecule has 2 amide bonds. The van der Waals surface area contributed by atoms with Gasteiger partial charge in [-0.1, -0.05) is 96.5 Å². The molecule has 0 saturated heterocycles. The zero-order valence-corrected chi connectivity index (χ0v) is 28.9. The molecular formula is C36H40BrN3O5S. The predicted octanol–water partition coefficient (Wildman–Crippen LogP) is 6.37. The average molecular weight is 707 g/mol. The van der Waals surface area contributed by atoms with E-state index >= 15 is 0 Å². The number of aryl methyl sites for hydroxylation is 1. The summed E-state index contributed by atoms with van der Waals surface area (Å²) >= 11 is 3.46. The van der Waals surface area contributed by atoms with Gasteiger partial charge in [-0.25, -0.2) is 8.42 Å². The van der Waals surface area contributed by atoms with Gasteiger partial charge in [-0.2, -0.15) is 0 Å². The van der Waals surface area contributed by atoms with Crippen LogP contribution >= 0.6 is 15.9 Å². The topological polar surface area (TPSA) is 96.0 Å². The highest BCUT2D eigenvalue weighted by Gasteiger charge is 2.35. The fraction of sp³-hybridized carbons (Fsp3) is 0.278. The van der Waals surface area contributed by atoms with Crippen LogP contribution in [0.15, 0.2) is 112 Å². The summed E-state index contributed by atoms with van der Waals surface area (Å²) in [7, 11) is -2.78. The number of carbonyl (C=O) groups excluding carboxylic acids is 2. The number of rotatable bonds is 14. The Morgan fingerprint density at radius 1 is 0.870 bits per heavy atom. The number of halogens is 1. The number of carbonyl (C=O) groups is 2. The second kappa shape index (κ2) is 15.9. The maximum Gasteiger partial charge on any atom is 0.264 e. The number of benzene rings is 4. The first-order valence-electron chi connectivity index (χ1n) is 15.1. The van der Waals surface area contributed by atoms with Crippen LogP contribution in [0.5, 0.6) is 5.75 Å². The Bertz CT molecular complexity index is 1720. The number of nitrogens with one attached hydrogen (secondary N) is 1. The van der Waals surface area contributed by atoms with Crippen molar-refractivity contribution in [3.8, 4) is 5.75 Å². The van der Waals surface area contributed by atoms with Crippen molar-refractivity contribution in [2.45, 2.75) is 44.7 Å². The average Bonchev–Trinajstić information content (AvgIpc) is 3.05. The minimum Gasteiger partial charge on any atom is -0.495 e. The third-order valence-corrected chi connectivity index (χ3v) is 9.74. The first-order chi connectivity index (χ1) is 22.0. The number of hydrogen-bond donors (Lipinski definition) is 1. The predicted molar refractivity (Wildman–Crippen MR) is 185 cm³/mol. The standard InChI is InChI=1S/C36H40BrN3O5S/c1-26(2)23-38-36(42)33(22-28-11-7-5-8-12-28)39(24-29-16-18-30(37)19-17-29)35(41)25-40(32-21-27(3)15-20-34(32)45-4)46(43,44)31-13-9-6-10-14-31/h5-21,26,33H,22-25H2,1-4H3,(H,38,42)/t33-/m1/s1. The highest BCUT2D eigenvalue weighted by molar-refractivity contribution is 9.10. The van der Waals surface area contributed by atoms with E-state index in [-0.39, 0.29) is 35.4 Å². The van der Waals surface area contributed by atoms with Crippen LogP contribution in [0.1, 0.15) is 30.5 Å². The van der Waals surface area contributed by atoms with Crippen LogP contribution in [0.2, 0.25) is 0 Å². The molecule has 0 bridgehead atoms. The summed E-state index contributed by atoms with van der Waals surface area (Å²) in [6.45, 7) is 5.79. The molecule has 8 nitrogen and oxygen atoms in total. The molecule has 0 aromatic heterocycles. The Balaban J connectivity index is 1.83. The molecule has 0 aliphatic rings. The Kier molecular flexibility index (Phi) is 12.0. The molecule has 0 radical (unpaired) electrons. The van der Waals surface area contributed by atoms with Gasteiger partial charge in [0.2, 0.25) is 11.8 Å². The first-order valence-corrected chi connectivity index (χ1v) is 17.3. The van der Waals surface area contributed by atoms with Crippen LogP contribution in [0, 0.1) is 12.8 Å². The minimum atomic E-state index is -4.24. The van der Waals surface area contributed by atoms with Crippen LogP contribution < -0.4 is 14.4 Å². The SMILES string of the molecule is COc1ccc(C)cc1N(CC(=O)N(Cc1ccc(Br)cc1)[C@H](Cc1ccccc1)C(=O)NCC(C)C)S(=O)(=O)c1ccccc1. The van der Waals surface area contributed by atoms with Gasteiger partial charge in [-0.15, -0.1) is 0 Å². The number of anilines is 1. The van der Waals surface area contributed by atoms with E-state index in [1.54, 1.807) is 30.3 Å². The third kappa shape index (κ3) is 8.98. The van der Waals surface area contributed by atoms with Crippen molar-refractivity contribution in [1.29, 1.82) is 0 Å². The van der Waals surface area contributed by atoms with E-state index in [1.807, 2.05) is 81.4 Å². The van der Waals surface area contributed by atoms with Gasteiger partial charge in [-0.3, -0.25) is 13.9 Å². The molecule has 4 aromatic rings. The molecule has 0 fully saturated rings. The zero-order valence-electron chi connectivity index (χ0n) is 26.5. The number of nitrogens with zero attached hydrogens (tertiary/aromatic N) is 2. The smallest absolute Gasteiger partial charge is 0.264 e. The van der Waals surface area contributed by atoms with E-state index in [0.29, 0.717) is 12.3 Å². The molecule has 4 aromatic carbocycles. The summed E-state index contributed by atoms with van der Waals surface area (Å²) in [6.07, 6.45) is 0.242. The van der Waals surface area contributed by atoms with Crippen molar-refractivity contribution in [3.05, 3.63) is 124 Å². The highest BCUT2D eigenvalue weighted by Crippen LogP contribution is 2.34. The Morgan fingerprint density at radius 2 is 1.50 bits per heavy atom. The molecule has 242 valence electrons. The Morgan fingerprint density at radius 3 is 2.11 bits per heavy atom. The lowest BCUT2D eigenvalue weighted by atomic mass is 10.0. The molecule has 1 N–H and O–H groups in total. The summed E-state index contributed by atoms with van der Waals surface area (Å²) in [5.41, 5.74) is 2.68. The van der Waals surface area contributed by atoms with Crippen molar-refractivity contribution in [2.24, 2.45) is 5.92 Å². The zero-order chi connectivity index (χ0) is 33.3.